The zero-order valence-electron chi connectivity index (χ0n) is 30.5. The Morgan fingerprint density at radius 2 is 1.69 bits per heavy atom. The van der Waals surface area contributed by atoms with Gasteiger partial charge in [0.15, 0.2) is 17.4 Å². The van der Waals surface area contributed by atoms with E-state index in [2.05, 4.69) is 37.4 Å². The van der Waals surface area contributed by atoms with Crippen LogP contribution in [0.5, 0.6) is 0 Å². The zero-order chi connectivity index (χ0) is 36.7. The van der Waals surface area contributed by atoms with Crippen molar-refractivity contribution in [2.75, 3.05) is 19.7 Å². The molecule has 1 saturated heterocycles. The number of carbonyl (C=O) groups is 2. The van der Waals surface area contributed by atoms with Crippen molar-refractivity contribution in [1.29, 1.82) is 0 Å². The summed E-state index contributed by atoms with van der Waals surface area (Å²) in [6.45, 7) is 7.55. The molecule has 2 aromatic rings. The lowest BCUT2D eigenvalue weighted by Gasteiger charge is -2.71. The number of nitrogens with one attached hydrogen (secondary N) is 1. The van der Waals surface area contributed by atoms with Gasteiger partial charge in [-0.25, -0.2) is 13.6 Å². The predicted molar refractivity (Wildman–Crippen MR) is 193 cm³/mol. The first kappa shape index (κ1) is 35.6. The van der Waals surface area contributed by atoms with Crippen molar-refractivity contribution in [3.63, 3.8) is 0 Å². The number of urea groups is 1. The van der Waals surface area contributed by atoms with Gasteiger partial charge in [0.2, 0.25) is 0 Å². The van der Waals surface area contributed by atoms with E-state index in [1.54, 1.807) is 4.90 Å². The maximum absolute atomic E-state index is 14.7. The van der Waals surface area contributed by atoms with Crippen LogP contribution in [0.4, 0.5) is 13.6 Å². The van der Waals surface area contributed by atoms with Gasteiger partial charge in [-0.1, -0.05) is 62.4 Å². The second-order valence-electron chi connectivity index (χ2n) is 17.4. The van der Waals surface area contributed by atoms with Gasteiger partial charge >= 0.3 is 6.03 Å². The van der Waals surface area contributed by atoms with E-state index in [4.69, 9.17) is 4.74 Å². The van der Waals surface area contributed by atoms with Gasteiger partial charge in [-0.2, -0.15) is 0 Å². The molecule has 0 aromatic heterocycles. The number of hydrogen-bond acceptors (Lipinski definition) is 5. The lowest BCUT2D eigenvalue weighted by Crippen LogP contribution is -2.67. The third-order valence-corrected chi connectivity index (χ3v) is 15.0. The molecule has 4 fully saturated rings. The number of halogens is 2. The van der Waals surface area contributed by atoms with Gasteiger partial charge in [0.25, 0.3) is 0 Å². The van der Waals surface area contributed by atoms with E-state index in [-0.39, 0.29) is 53.3 Å². The highest BCUT2D eigenvalue weighted by Crippen LogP contribution is 2.78. The van der Waals surface area contributed by atoms with Crippen LogP contribution < -0.4 is 5.32 Å². The molecule has 0 radical (unpaired) electrons. The Labute approximate surface area is 305 Å². The van der Waals surface area contributed by atoms with E-state index in [1.807, 2.05) is 37.3 Å². The van der Waals surface area contributed by atoms with Crippen LogP contribution >= 0.6 is 0 Å². The van der Waals surface area contributed by atoms with Gasteiger partial charge in [-0.05, 0) is 106 Å². The summed E-state index contributed by atoms with van der Waals surface area (Å²) >= 11 is 0. The van der Waals surface area contributed by atoms with Crippen molar-refractivity contribution < 1.29 is 33.3 Å². The Morgan fingerprint density at radius 3 is 2.42 bits per heavy atom. The van der Waals surface area contributed by atoms with Gasteiger partial charge in [0.1, 0.15) is 0 Å². The number of benzene rings is 2. The van der Waals surface area contributed by atoms with Gasteiger partial charge in [-0.15, -0.1) is 0 Å². The number of ketones is 1. The molecule has 3 N–H and O–H groups in total. The van der Waals surface area contributed by atoms with E-state index >= 15 is 0 Å². The topological polar surface area (TPSA) is 99.1 Å². The third kappa shape index (κ3) is 5.19. The number of amides is 2. The summed E-state index contributed by atoms with van der Waals surface area (Å²) in [5, 5.41) is 27.2. The molecular weight excluding hydrogens is 662 g/mol. The highest BCUT2D eigenvalue weighted by atomic mass is 19.2. The van der Waals surface area contributed by atoms with Gasteiger partial charge < -0.3 is 25.2 Å². The van der Waals surface area contributed by atoms with E-state index in [0.29, 0.717) is 50.8 Å². The Kier molecular flexibility index (Phi) is 8.63. The number of nitrogens with zero attached hydrogens (tertiary/aromatic N) is 1. The quantitative estimate of drug-likeness (QED) is 0.193. The van der Waals surface area contributed by atoms with Gasteiger partial charge in [0.05, 0.1) is 30.4 Å². The van der Waals surface area contributed by atoms with Crippen LogP contribution in [0.15, 0.2) is 72.3 Å². The Bertz CT molecular complexity index is 1810. The summed E-state index contributed by atoms with van der Waals surface area (Å²) in [4.78, 5) is 30.6. The molecule has 2 bridgehead atoms. The Balaban J connectivity index is 1.17. The number of hydrogen-bond donors (Lipinski definition) is 3. The highest BCUT2D eigenvalue weighted by molar-refractivity contribution is 6.10. The summed E-state index contributed by atoms with van der Waals surface area (Å²) in [7, 11) is 0. The molecule has 2 spiro atoms. The maximum Gasteiger partial charge on any atom is 0.318 e. The average Bonchev–Trinajstić information content (AvgIpc) is 3.74. The molecule has 2 amide bonds. The minimum Gasteiger partial charge on any atom is -0.393 e. The lowest BCUT2D eigenvalue weighted by atomic mass is 9.32. The molecule has 9 rings (SSSR count). The van der Waals surface area contributed by atoms with Crippen LogP contribution in [0.25, 0.3) is 0 Å². The van der Waals surface area contributed by atoms with E-state index in [9.17, 15) is 28.6 Å². The van der Waals surface area contributed by atoms with Crippen molar-refractivity contribution in [2.45, 2.75) is 102 Å². The Morgan fingerprint density at radius 1 is 0.962 bits per heavy atom. The van der Waals surface area contributed by atoms with E-state index in [0.717, 1.165) is 43.4 Å². The molecular formula is C43H52F2N2O5. The van der Waals surface area contributed by atoms with Crippen LogP contribution in [0, 0.1) is 45.1 Å². The molecule has 9 heteroatoms. The fourth-order valence-electron chi connectivity index (χ4n) is 12.1. The predicted octanol–water partition coefficient (Wildman–Crippen LogP) is 7.69. The fraction of sp³-hybridized carbons (Fsp3) is 0.581. The largest absolute Gasteiger partial charge is 0.393 e. The molecule has 7 nitrogen and oxygen atoms in total. The van der Waals surface area contributed by atoms with Crippen molar-refractivity contribution in [3.05, 3.63) is 95.1 Å². The number of allylic oxidation sites excluding steroid dienone is 4. The van der Waals surface area contributed by atoms with Gasteiger partial charge in [0, 0.05) is 40.5 Å². The molecule has 1 aliphatic heterocycles. The summed E-state index contributed by atoms with van der Waals surface area (Å²) in [5.41, 5.74) is -1.82. The number of aliphatic hydroxyl groups is 2. The number of rotatable bonds is 8. The van der Waals surface area contributed by atoms with Crippen LogP contribution in [0.1, 0.15) is 101 Å². The minimum atomic E-state index is -1.26. The molecule has 10 unspecified atom stereocenters. The first-order valence-corrected chi connectivity index (χ1v) is 19.3. The normalized spacial score (nSPS) is 39.2. The summed E-state index contributed by atoms with van der Waals surface area (Å²) < 4.78 is 34.7. The molecule has 3 saturated carbocycles. The maximum atomic E-state index is 14.7. The van der Waals surface area contributed by atoms with E-state index in [1.165, 1.54) is 6.07 Å². The van der Waals surface area contributed by atoms with Crippen LogP contribution in [-0.4, -0.2) is 64.4 Å². The number of ether oxygens (including phenoxy) is 1. The first-order chi connectivity index (χ1) is 24.8. The average molecular weight is 715 g/mol. The molecule has 6 aliphatic carbocycles. The van der Waals surface area contributed by atoms with Crippen molar-refractivity contribution in [1.82, 2.24) is 10.2 Å². The molecule has 1 heterocycles. The highest BCUT2D eigenvalue weighted by Gasteiger charge is 2.74. The van der Waals surface area contributed by atoms with Crippen molar-refractivity contribution >= 4 is 11.8 Å². The third-order valence-electron chi connectivity index (χ3n) is 15.0. The molecule has 2 aromatic carbocycles. The van der Waals surface area contributed by atoms with Crippen LogP contribution in [0.3, 0.4) is 0 Å². The standard InChI is InChI=1S/C43H52F2N2O5/c1-27(28-8-5-4-6-9-28)46-38(50)47(25-31-10-7-21-52-31)26-42(51)18-15-36-40(42,3)17-14-35-39(2)16-13-30(48)23-41(39)19-20-43(35,36)32(24-41)37(49)29-11-12-33(44)34(45)22-29/h4-6,8-9,11-12,19-20,22,24,27,30-31,35-36,48,51H,7,10,13-18,21,23,25-26H2,1-3H3,(H,46,50). The summed E-state index contributed by atoms with van der Waals surface area (Å²) in [6, 6.07) is 12.7. The molecule has 10 atom stereocenters. The second-order valence-corrected chi connectivity index (χ2v) is 17.4. The minimum absolute atomic E-state index is 0.0465. The first-order valence-electron chi connectivity index (χ1n) is 19.3. The summed E-state index contributed by atoms with van der Waals surface area (Å²) in [5.74, 6) is -2.51. The Hall–Kier alpha value is -3.40. The van der Waals surface area contributed by atoms with Crippen LogP contribution in [0.2, 0.25) is 0 Å². The SMILES string of the molecule is CC(NC(=O)N(CC1CCCO1)CC1(O)CCC2C34C=CC5(C=C3C(=O)c3ccc(F)c(F)c3)CC(O)CCC5(C)C4CCC21C)c1ccccc1. The summed E-state index contributed by atoms with van der Waals surface area (Å²) in [6.07, 6.45) is 12.2. The number of aliphatic hydroxyl groups excluding tert-OH is 1. The van der Waals surface area contributed by atoms with Crippen LogP contribution in [-0.2, 0) is 4.74 Å². The van der Waals surface area contributed by atoms with E-state index < -0.39 is 39.6 Å². The lowest BCUT2D eigenvalue weighted by molar-refractivity contribution is -0.175. The van der Waals surface area contributed by atoms with Crippen molar-refractivity contribution in [2.24, 2.45) is 33.5 Å². The van der Waals surface area contributed by atoms with Crippen molar-refractivity contribution in [3.8, 4) is 0 Å². The number of Topliss-reactive ketones (excluding diaryl/α,β-unsaturated/α-hetero) is 1. The molecule has 52 heavy (non-hydrogen) atoms. The smallest absolute Gasteiger partial charge is 0.318 e. The monoisotopic (exact) mass is 714 g/mol. The number of carbonyl (C=O) groups excluding carboxylic acids is 2. The second kappa shape index (κ2) is 12.6. The number of fused-ring (bicyclic) bond motifs is 1. The molecule has 278 valence electrons. The van der Waals surface area contributed by atoms with Gasteiger partial charge in [-0.3, -0.25) is 4.79 Å². The molecule has 7 aliphatic rings. The fourth-order valence-corrected chi connectivity index (χ4v) is 12.1. The zero-order valence-corrected chi connectivity index (χ0v) is 30.5.